The predicted molar refractivity (Wildman–Crippen MR) is 104 cm³/mol. The fourth-order valence-electron chi connectivity index (χ4n) is 2.77. The second kappa shape index (κ2) is 8.88. The number of halogens is 1. The molecule has 27 heavy (non-hydrogen) atoms. The number of nitrogens with one attached hydrogen (secondary N) is 2. The first-order valence-electron chi connectivity index (χ1n) is 8.60. The number of methoxy groups -OCH3 is 1. The summed E-state index contributed by atoms with van der Waals surface area (Å²) in [7, 11) is 3.31. The molecule has 1 amide bonds. The summed E-state index contributed by atoms with van der Waals surface area (Å²) in [4.78, 5) is 22.7. The standard InChI is InChI=1S/C18H22ClN5O3/c1-20-17-13(19)11-21-18(23-17)22-14-4-3-12(9-15(14)26-2)10-16(25)24-5-7-27-8-6-24/h3-4,9,11H,5-8,10H2,1-2H3,(H2,20,21,22,23). The zero-order valence-corrected chi connectivity index (χ0v) is 16.0. The van der Waals surface area contributed by atoms with Gasteiger partial charge in [-0.2, -0.15) is 4.98 Å². The Morgan fingerprint density at radius 1 is 1.37 bits per heavy atom. The van der Waals surface area contributed by atoms with Gasteiger partial charge in [-0.15, -0.1) is 0 Å². The summed E-state index contributed by atoms with van der Waals surface area (Å²) in [6.07, 6.45) is 1.84. The number of benzene rings is 1. The van der Waals surface area contributed by atoms with Gasteiger partial charge in [0.05, 0.1) is 38.6 Å². The molecular formula is C18H22ClN5O3. The first-order valence-corrected chi connectivity index (χ1v) is 8.98. The fourth-order valence-corrected chi connectivity index (χ4v) is 2.96. The lowest BCUT2D eigenvalue weighted by Gasteiger charge is -2.27. The summed E-state index contributed by atoms with van der Waals surface area (Å²) in [5.41, 5.74) is 1.58. The number of carbonyl (C=O) groups excluding carboxylic acids is 1. The maximum Gasteiger partial charge on any atom is 0.229 e. The van der Waals surface area contributed by atoms with Gasteiger partial charge >= 0.3 is 0 Å². The molecule has 3 rings (SSSR count). The number of rotatable bonds is 6. The van der Waals surface area contributed by atoms with E-state index in [-0.39, 0.29) is 5.91 Å². The highest BCUT2D eigenvalue weighted by Gasteiger charge is 2.18. The molecule has 1 aromatic carbocycles. The Kier molecular flexibility index (Phi) is 6.31. The lowest BCUT2D eigenvalue weighted by Crippen LogP contribution is -2.41. The van der Waals surface area contributed by atoms with Gasteiger partial charge in [0.25, 0.3) is 0 Å². The van der Waals surface area contributed by atoms with Crippen LogP contribution in [0.25, 0.3) is 0 Å². The molecule has 1 aliphatic rings. The number of nitrogens with zero attached hydrogens (tertiary/aromatic N) is 3. The first kappa shape index (κ1) is 19.2. The minimum Gasteiger partial charge on any atom is -0.495 e. The molecule has 1 fully saturated rings. The van der Waals surface area contributed by atoms with Gasteiger partial charge in [0.2, 0.25) is 11.9 Å². The molecule has 1 aliphatic heterocycles. The van der Waals surface area contributed by atoms with Gasteiger partial charge in [0, 0.05) is 20.1 Å². The van der Waals surface area contributed by atoms with Crippen molar-refractivity contribution in [3.8, 4) is 5.75 Å². The molecule has 144 valence electrons. The van der Waals surface area contributed by atoms with Crippen molar-refractivity contribution < 1.29 is 14.3 Å². The fraction of sp³-hybridized carbons (Fsp3) is 0.389. The van der Waals surface area contributed by atoms with Crippen LogP contribution in [0.3, 0.4) is 0 Å². The van der Waals surface area contributed by atoms with Crippen molar-refractivity contribution in [1.29, 1.82) is 0 Å². The van der Waals surface area contributed by atoms with Crippen LogP contribution in [0.2, 0.25) is 5.02 Å². The van der Waals surface area contributed by atoms with Crippen LogP contribution in [-0.2, 0) is 16.0 Å². The lowest BCUT2D eigenvalue weighted by atomic mass is 10.1. The number of anilines is 3. The van der Waals surface area contributed by atoms with E-state index in [4.69, 9.17) is 21.1 Å². The topological polar surface area (TPSA) is 88.6 Å². The molecule has 2 aromatic rings. The number of amides is 1. The molecule has 0 aliphatic carbocycles. The molecule has 0 spiro atoms. The van der Waals surface area contributed by atoms with Gasteiger partial charge < -0.3 is 25.0 Å². The van der Waals surface area contributed by atoms with Gasteiger partial charge in [0.15, 0.2) is 0 Å². The zero-order chi connectivity index (χ0) is 19.2. The molecule has 0 atom stereocenters. The molecule has 2 heterocycles. The van der Waals surface area contributed by atoms with Crippen LogP contribution in [0, 0.1) is 0 Å². The van der Waals surface area contributed by atoms with Crippen LogP contribution in [-0.4, -0.2) is 61.2 Å². The van der Waals surface area contributed by atoms with Crippen LogP contribution in [0.1, 0.15) is 5.56 Å². The van der Waals surface area contributed by atoms with E-state index in [1.54, 1.807) is 14.2 Å². The summed E-state index contributed by atoms with van der Waals surface area (Å²) in [6.45, 7) is 2.45. The van der Waals surface area contributed by atoms with Crippen LogP contribution in [0.5, 0.6) is 5.75 Å². The SMILES string of the molecule is CNc1nc(Nc2ccc(CC(=O)N3CCOCC3)cc2OC)ncc1Cl. The van der Waals surface area contributed by atoms with E-state index >= 15 is 0 Å². The van der Waals surface area contributed by atoms with Crippen LogP contribution < -0.4 is 15.4 Å². The molecule has 0 saturated carbocycles. The third-order valence-electron chi connectivity index (χ3n) is 4.21. The first-order chi connectivity index (χ1) is 13.1. The van der Waals surface area contributed by atoms with Gasteiger partial charge in [-0.25, -0.2) is 4.98 Å². The number of ether oxygens (including phenoxy) is 2. The number of aromatic nitrogens is 2. The second-order valence-electron chi connectivity index (χ2n) is 5.97. The zero-order valence-electron chi connectivity index (χ0n) is 15.3. The Bertz CT molecular complexity index is 812. The molecule has 1 saturated heterocycles. The molecule has 0 radical (unpaired) electrons. The van der Waals surface area contributed by atoms with Crippen LogP contribution in [0.4, 0.5) is 17.5 Å². The highest BCUT2D eigenvalue weighted by molar-refractivity contribution is 6.32. The lowest BCUT2D eigenvalue weighted by molar-refractivity contribution is -0.134. The maximum absolute atomic E-state index is 12.4. The van der Waals surface area contributed by atoms with E-state index < -0.39 is 0 Å². The van der Waals surface area contributed by atoms with E-state index in [2.05, 4.69) is 20.6 Å². The molecule has 9 heteroatoms. The number of hydrogen-bond donors (Lipinski definition) is 2. The van der Waals surface area contributed by atoms with Crippen LogP contribution >= 0.6 is 11.6 Å². The Morgan fingerprint density at radius 3 is 2.85 bits per heavy atom. The van der Waals surface area contributed by atoms with Crippen LogP contribution in [0.15, 0.2) is 24.4 Å². The highest BCUT2D eigenvalue weighted by atomic mass is 35.5. The van der Waals surface area contributed by atoms with E-state index in [0.29, 0.717) is 60.9 Å². The number of carbonyl (C=O) groups is 1. The summed E-state index contributed by atoms with van der Waals surface area (Å²) in [5, 5.41) is 6.46. The predicted octanol–water partition coefficient (Wildman–Crippen LogP) is 2.33. The van der Waals surface area contributed by atoms with E-state index in [1.165, 1.54) is 6.20 Å². The highest BCUT2D eigenvalue weighted by Crippen LogP contribution is 2.29. The van der Waals surface area contributed by atoms with E-state index in [1.807, 2.05) is 23.1 Å². The van der Waals surface area contributed by atoms with Gasteiger partial charge in [-0.3, -0.25) is 4.79 Å². The summed E-state index contributed by atoms with van der Waals surface area (Å²) in [5.74, 6) is 1.60. The van der Waals surface area contributed by atoms with Crippen molar-refractivity contribution in [2.24, 2.45) is 0 Å². The third kappa shape index (κ3) is 4.78. The van der Waals surface area contributed by atoms with Gasteiger partial charge in [-0.05, 0) is 17.7 Å². The number of morpholine rings is 1. The van der Waals surface area contributed by atoms with Crippen molar-refractivity contribution in [1.82, 2.24) is 14.9 Å². The minimum atomic E-state index is 0.0840. The van der Waals surface area contributed by atoms with Gasteiger partial charge in [0.1, 0.15) is 16.6 Å². The van der Waals surface area contributed by atoms with Crippen molar-refractivity contribution in [3.05, 3.63) is 35.0 Å². The Labute approximate surface area is 162 Å². The average Bonchev–Trinajstić information content (AvgIpc) is 2.71. The molecule has 0 unspecified atom stereocenters. The molecule has 1 aromatic heterocycles. The largest absolute Gasteiger partial charge is 0.495 e. The smallest absolute Gasteiger partial charge is 0.229 e. The third-order valence-corrected chi connectivity index (χ3v) is 4.49. The Hall–Kier alpha value is -2.58. The van der Waals surface area contributed by atoms with E-state index in [9.17, 15) is 4.79 Å². The second-order valence-corrected chi connectivity index (χ2v) is 6.38. The molecule has 0 bridgehead atoms. The monoisotopic (exact) mass is 391 g/mol. The minimum absolute atomic E-state index is 0.0840. The van der Waals surface area contributed by atoms with Crippen molar-refractivity contribution in [3.63, 3.8) is 0 Å². The summed E-state index contributed by atoms with van der Waals surface area (Å²) < 4.78 is 10.7. The maximum atomic E-state index is 12.4. The molecular weight excluding hydrogens is 370 g/mol. The van der Waals surface area contributed by atoms with Crippen molar-refractivity contribution in [2.75, 3.05) is 51.1 Å². The van der Waals surface area contributed by atoms with Crippen molar-refractivity contribution >= 4 is 35.0 Å². The Morgan fingerprint density at radius 2 is 2.15 bits per heavy atom. The van der Waals surface area contributed by atoms with Crippen molar-refractivity contribution in [2.45, 2.75) is 6.42 Å². The number of hydrogen-bond acceptors (Lipinski definition) is 7. The summed E-state index contributed by atoms with van der Waals surface area (Å²) >= 11 is 6.01. The quantitative estimate of drug-likeness (QED) is 0.781. The Balaban J connectivity index is 1.73. The normalized spacial score (nSPS) is 14.0. The average molecular weight is 392 g/mol. The van der Waals surface area contributed by atoms with E-state index in [0.717, 1.165) is 5.56 Å². The summed E-state index contributed by atoms with van der Waals surface area (Å²) in [6, 6.07) is 5.57. The molecule has 2 N–H and O–H groups in total. The van der Waals surface area contributed by atoms with Gasteiger partial charge in [-0.1, -0.05) is 17.7 Å². The molecule has 8 nitrogen and oxygen atoms in total.